The Balaban J connectivity index is 0.00000361. The monoisotopic (exact) mass is 399 g/mol. The summed E-state index contributed by atoms with van der Waals surface area (Å²) in [4.78, 5) is 17.9. The maximum absolute atomic E-state index is 11.5. The second-order valence-corrected chi connectivity index (χ2v) is 4.60. The maximum Gasteiger partial charge on any atom is 0.308 e. The minimum atomic E-state index is -0.0947. The van der Waals surface area contributed by atoms with Crippen LogP contribution in [0.5, 0.6) is 0 Å². The number of nitrogens with one attached hydrogen (secondary N) is 1. The third-order valence-corrected chi connectivity index (χ3v) is 3.35. The van der Waals surface area contributed by atoms with Crippen molar-refractivity contribution in [3.05, 3.63) is 0 Å². The summed E-state index contributed by atoms with van der Waals surface area (Å²) in [5, 5.41) is 3.31. The van der Waals surface area contributed by atoms with Crippen LogP contribution in [0.3, 0.4) is 0 Å². The van der Waals surface area contributed by atoms with Gasteiger partial charge in [-0.1, -0.05) is 0 Å². The van der Waals surface area contributed by atoms with Crippen molar-refractivity contribution in [2.24, 2.45) is 10.9 Å². The highest BCUT2D eigenvalue weighted by Gasteiger charge is 2.26. The molecule has 0 aliphatic carbocycles. The average molecular weight is 399 g/mol. The van der Waals surface area contributed by atoms with Crippen LogP contribution in [-0.4, -0.2) is 64.3 Å². The quantitative estimate of drug-likeness (QED) is 0.247. The SMILES string of the molecule is CN=C(NCCCOC)N1CCC(C(=O)OC)CC1.I. The van der Waals surface area contributed by atoms with Crippen LogP contribution < -0.4 is 5.32 Å². The summed E-state index contributed by atoms with van der Waals surface area (Å²) >= 11 is 0. The van der Waals surface area contributed by atoms with Gasteiger partial charge in [0.15, 0.2) is 5.96 Å². The van der Waals surface area contributed by atoms with E-state index in [2.05, 4.69) is 15.2 Å². The van der Waals surface area contributed by atoms with Crippen molar-refractivity contribution in [1.82, 2.24) is 10.2 Å². The Morgan fingerprint density at radius 2 is 2.00 bits per heavy atom. The molecule has 0 aromatic heterocycles. The number of esters is 1. The van der Waals surface area contributed by atoms with Gasteiger partial charge in [0.2, 0.25) is 0 Å². The van der Waals surface area contributed by atoms with Gasteiger partial charge in [-0.05, 0) is 19.3 Å². The molecule has 118 valence electrons. The molecule has 0 aromatic rings. The molecule has 1 N–H and O–H groups in total. The van der Waals surface area contributed by atoms with Gasteiger partial charge >= 0.3 is 5.97 Å². The molecule has 20 heavy (non-hydrogen) atoms. The zero-order valence-corrected chi connectivity index (χ0v) is 14.9. The van der Waals surface area contributed by atoms with Gasteiger partial charge in [-0.15, -0.1) is 24.0 Å². The van der Waals surface area contributed by atoms with E-state index in [9.17, 15) is 4.79 Å². The third-order valence-electron chi connectivity index (χ3n) is 3.35. The highest BCUT2D eigenvalue weighted by atomic mass is 127. The highest BCUT2D eigenvalue weighted by molar-refractivity contribution is 14.0. The molecule has 1 aliphatic rings. The van der Waals surface area contributed by atoms with Crippen LogP contribution in [0.1, 0.15) is 19.3 Å². The Morgan fingerprint density at radius 1 is 1.35 bits per heavy atom. The number of guanidine groups is 1. The number of aliphatic imine (C=N–C) groups is 1. The minimum absolute atomic E-state index is 0. The van der Waals surface area contributed by atoms with Crippen molar-refractivity contribution in [1.29, 1.82) is 0 Å². The van der Waals surface area contributed by atoms with Crippen LogP contribution in [0.25, 0.3) is 0 Å². The van der Waals surface area contributed by atoms with E-state index in [4.69, 9.17) is 9.47 Å². The number of halogens is 1. The van der Waals surface area contributed by atoms with Gasteiger partial charge in [-0.3, -0.25) is 9.79 Å². The van der Waals surface area contributed by atoms with E-state index in [1.54, 1.807) is 14.2 Å². The molecule has 1 rings (SSSR count). The van der Waals surface area contributed by atoms with Gasteiger partial charge < -0.3 is 19.7 Å². The molecule has 6 nitrogen and oxygen atoms in total. The maximum atomic E-state index is 11.5. The zero-order valence-electron chi connectivity index (χ0n) is 12.6. The lowest BCUT2D eigenvalue weighted by Crippen LogP contribution is -2.47. The van der Waals surface area contributed by atoms with Crippen LogP contribution in [0.15, 0.2) is 4.99 Å². The largest absolute Gasteiger partial charge is 0.469 e. The summed E-state index contributed by atoms with van der Waals surface area (Å²) < 4.78 is 9.80. The van der Waals surface area contributed by atoms with E-state index in [0.29, 0.717) is 0 Å². The van der Waals surface area contributed by atoms with Crippen molar-refractivity contribution in [2.45, 2.75) is 19.3 Å². The van der Waals surface area contributed by atoms with Crippen LogP contribution in [0, 0.1) is 5.92 Å². The van der Waals surface area contributed by atoms with E-state index in [1.807, 2.05) is 0 Å². The van der Waals surface area contributed by atoms with Gasteiger partial charge in [0.05, 0.1) is 13.0 Å². The summed E-state index contributed by atoms with van der Waals surface area (Å²) in [5.41, 5.74) is 0. The number of hydrogen-bond acceptors (Lipinski definition) is 4. The first kappa shape index (κ1) is 19.4. The summed E-state index contributed by atoms with van der Waals surface area (Å²) in [7, 11) is 4.93. The van der Waals surface area contributed by atoms with Crippen molar-refractivity contribution in [3.63, 3.8) is 0 Å². The normalized spacial score (nSPS) is 16.6. The topological polar surface area (TPSA) is 63.2 Å². The molecule has 0 unspecified atom stereocenters. The Kier molecular flexibility index (Phi) is 10.8. The van der Waals surface area contributed by atoms with Crippen molar-refractivity contribution < 1.29 is 14.3 Å². The highest BCUT2D eigenvalue weighted by Crippen LogP contribution is 2.18. The standard InChI is InChI=1S/C13H25N3O3.HI/c1-14-13(15-7-4-10-18-2)16-8-5-11(6-9-16)12(17)19-3;/h11H,4-10H2,1-3H3,(H,14,15);1H. The van der Waals surface area contributed by atoms with Crippen molar-refractivity contribution in [2.75, 3.05) is 47.5 Å². The van der Waals surface area contributed by atoms with E-state index >= 15 is 0 Å². The summed E-state index contributed by atoms with van der Waals surface area (Å²) in [6.07, 6.45) is 2.60. The second kappa shape index (κ2) is 11.1. The molecule has 0 amide bonds. The number of ether oxygens (including phenoxy) is 2. The Hall–Kier alpha value is -0.570. The molecular weight excluding hydrogens is 373 g/mol. The molecule has 0 bridgehead atoms. The van der Waals surface area contributed by atoms with Gasteiger partial charge in [0.1, 0.15) is 0 Å². The summed E-state index contributed by atoms with van der Waals surface area (Å²) in [6, 6.07) is 0. The van der Waals surface area contributed by atoms with Crippen LogP contribution in [0.2, 0.25) is 0 Å². The first-order valence-corrected chi connectivity index (χ1v) is 6.75. The predicted molar refractivity (Wildman–Crippen MR) is 89.6 cm³/mol. The lowest BCUT2D eigenvalue weighted by atomic mass is 9.97. The Labute approximate surface area is 138 Å². The molecular formula is C13H26IN3O3. The molecule has 0 radical (unpaired) electrons. The van der Waals surface area contributed by atoms with E-state index in [-0.39, 0.29) is 35.9 Å². The fourth-order valence-corrected chi connectivity index (χ4v) is 2.24. The second-order valence-electron chi connectivity index (χ2n) is 4.60. The number of nitrogens with zero attached hydrogens (tertiary/aromatic N) is 2. The molecule has 0 aromatic carbocycles. The van der Waals surface area contributed by atoms with Crippen LogP contribution >= 0.6 is 24.0 Å². The fraction of sp³-hybridized carbons (Fsp3) is 0.846. The number of carbonyl (C=O) groups is 1. The van der Waals surface area contributed by atoms with Crippen molar-refractivity contribution in [3.8, 4) is 0 Å². The zero-order chi connectivity index (χ0) is 14.1. The van der Waals surface area contributed by atoms with Crippen LogP contribution in [0.4, 0.5) is 0 Å². The van der Waals surface area contributed by atoms with E-state index in [1.165, 1.54) is 7.11 Å². The van der Waals surface area contributed by atoms with Gasteiger partial charge in [-0.2, -0.15) is 0 Å². The van der Waals surface area contributed by atoms with E-state index in [0.717, 1.165) is 51.5 Å². The third kappa shape index (κ3) is 6.25. The molecule has 7 heteroatoms. The predicted octanol–water partition coefficient (Wildman–Crippen LogP) is 1.10. The fourth-order valence-electron chi connectivity index (χ4n) is 2.24. The number of carbonyl (C=O) groups excluding carboxylic acids is 1. The lowest BCUT2D eigenvalue weighted by molar-refractivity contribution is -0.146. The number of hydrogen-bond donors (Lipinski definition) is 1. The minimum Gasteiger partial charge on any atom is -0.469 e. The average Bonchev–Trinajstić information content (AvgIpc) is 2.47. The first-order valence-electron chi connectivity index (χ1n) is 6.75. The number of piperidine rings is 1. The summed E-state index contributed by atoms with van der Waals surface area (Å²) in [5.74, 6) is 0.843. The van der Waals surface area contributed by atoms with Crippen molar-refractivity contribution >= 4 is 35.9 Å². The molecule has 0 spiro atoms. The number of rotatable bonds is 5. The number of methoxy groups -OCH3 is 2. The van der Waals surface area contributed by atoms with Gasteiger partial charge in [0, 0.05) is 40.4 Å². The van der Waals surface area contributed by atoms with Crippen LogP contribution in [-0.2, 0) is 14.3 Å². The Bertz CT molecular complexity index is 305. The van der Waals surface area contributed by atoms with Gasteiger partial charge in [0.25, 0.3) is 0 Å². The smallest absolute Gasteiger partial charge is 0.308 e. The first-order chi connectivity index (χ1) is 9.22. The lowest BCUT2D eigenvalue weighted by Gasteiger charge is -2.33. The van der Waals surface area contributed by atoms with Gasteiger partial charge in [-0.25, -0.2) is 0 Å². The molecule has 0 saturated carbocycles. The molecule has 1 saturated heterocycles. The summed E-state index contributed by atoms with van der Waals surface area (Å²) in [6.45, 7) is 3.26. The molecule has 1 aliphatic heterocycles. The molecule has 1 fully saturated rings. The molecule has 1 heterocycles. The van der Waals surface area contributed by atoms with E-state index < -0.39 is 0 Å². The Morgan fingerprint density at radius 3 is 2.50 bits per heavy atom. The molecule has 0 atom stereocenters. The number of likely N-dealkylation sites (tertiary alicyclic amines) is 1.